The fraction of sp³-hybridized carbons (Fsp3) is 0.300. The fourth-order valence-corrected chi connectivity index (χ4v) is 1.10. The van der Waals surface area contributed by atoms with E-state index in [1.165, 1.54) is 5.56 Å². The first-order valence-corrected chi connectivity index (χ1v) is 4.08. The number of aliphatic imine (C=N–C) groups is 1. The van der Waals surface area contributed by atoms with Crippen molar-refractivity contribution in [3.05, 3.63) is 29.3 Å². The minimum Gasteiger partial charge on any atom is -0.398 e. The molecule has 0 radical (unpaired) electrons. The summed E-state index contributed by atoms with van der Waals surface area (Å²) in [6.07, 6.45) is 2.82. The highest BCUT2D eigenvalue weighted by molar-refractivity contribution is 5.87. The second kappa shape index (κ2) is 3.90. The lowest BCUT2D eigenvalue weighted by atomic mass is 10.1. The van der Waals surface area contributed by atoms with Crippen molar-refractivity contribution in [2.45, 2.75) is 13.3 Å². The molecule has 0 aliphatic rings. The van der Waals surface area contributed by atoms with E-state index in [1.807, 2.05) is 12.1 Å². The van der Waals surface area contributed by atoms with Crippen molar-refractivity contribution < 1.29 is 0 Å². The normalized spacial score (nSPS) is 10.8. The van der Waals surface area contributed by atoms with Gasteiger partial charge in [0.15, 0.2) is 0 Å². The number of hydrogen-bond acceptors (Lipinski definition) is 2. The van der Waals surface area contributed by atoms with Gasteiger partial charge in [0.05, 0.1) is 0 Å². The predicted molar refractivity (Wildman–Crippen MR) is 53.8 cm³/mol. The molecule has 2 nitrogen and oxygen atoms in total. The topological polar surface area (TPSA) is 38.4 Å². The van der Waals surface area contributed by atoms with Crippen LogP contribution in [0.4, 0.5) is 5.69 Å². The zero-order valence-corrected chi connectivity index (χ0v) is 7.54. The van der Waals surface area contributed by atoms with E-state index in [0.717, 1.165) is 17.7 Å². The van der Waals surface area contributed by atoms with Gasteiger partial charge in [-0.25, -0.2) is 0 Å². The molecule has 0 unspecified atom stereocenters. The van der Waals surface area contributed by atoms with Crippen LogP contribution in [0.15, 0.2) is 23.2 Å². The summed E-state index contributed by atoms with van der Waals surface area (Å²) in [6, 6.07) is 6.04. The third-order valence-corrected chi connectivity index (χ3v) is 1.83. The van der Waals surface area contributed by atoms with E-state index < -0.39 is 0 Å². The van der Waals surface area contributed by atoms with E-state index in [9.17, 15) is 0 Å². The number of benzene rings is 1. The summed E-state index contributed by atoms with van der Waals surface area (Å²) in [4.78, 5) is 3.94. The van der Waals surface area contributed by atoms with Crippen LogP contribution in [0.25, 0.3) is 0 Å². The van der Waals surface area contributed by atoms with Crippen molar-refractivity contribution in [2.24, 2.45) is 4.99 Å². The summed E-state index contributed by atoms with van der Waals surface area (Å²) in [5, 5.41) is 0. The molecule has 2 N–H and O–H groups in total. The molecule has 0 amide bonds. The lowest BCUT2D eigenvalue weighted by molar-refractivity contribution is 1.14. The van der Waals surface area contributed by atoms with Gasteiger partial charge in [0.25, 0.3) is 0 Å². The Morgan fingerprint density at radius 1 is 1.50 bits per heavy atom. The first-order chi connectivity index (χ1) is 5.77. The fourth-order valence-electron chi connectivity index (χ4n) is 1.10. The van der Waals surface area contributed by atoms with Crippen LogP contribution in [-0.2, 0) is 6.42 Å². The van der Waals surface area contributed by atoms with Crippen LogP contribution in [0.5, 0.6) is 0 Å². The van der Waals surface area contributed by atoms with Gasteiger partial charge < -0.3 is 5.73 Å². The Morgan fingerprint density at radius 3 is 2.83 bits per heavy atom. The van der Waals surface area contributed by atoms with Crippen molar-refractivity contribution in [1.29, 1.82) is 0 Å². The highest BCUT2D eigenvalue weighted by Crippen LogP contribution is 2.12. The van der Waals surface area contributed by atoms with Crippen LogP contribution in [-0.4, -0.2) is 13.3 Å². The molecular weight excluding hydrogens is 148 g/mol. The molecule has 1 aromatic carbocycles. The Balaban J connectivity index is 3.08. The Labute approximate surface area is 73.1 Å². The van der Waals surface area contributed by atoms with Crippen molar-refractivity contribution in [2.75, 3.05) is 12.8 Å². The zero-order valence-electron chi connectivity index (χ0n) is 7.54. The second-order valence-corrected chi connectivity index (χ2v) is 2.70. The van der Waals surface area contributed by atoms with Gasteiger partial charge in [0, 0.05) is 24.5 Å². The first-order valence-electron chi connectivity index (χ1n) is 4.08. The Bertz CT molecular complexity index is 290. The van der Waals surface area contributed by atoms with Crippen LogP contribution in [0.1, 0.15) is 18.1 Å². The molecule has 0 bridgehead atoms. The maximum absolute atomic E-state index is 5.74. The van der Waals surface area contributed by atoms with Crippen LogP contribution >= 0.6 is 0 Å². The van der Waals surface area contributed by atoms with Crippen molar-refractivity contribution in [3.63, 3.8) is 0 Å². The molecule has 2 heteroatoms. The van der Waals surface area contributed by atoms with E-state index >= 15 is 0 Å². The molecule has 0 aromatic heterocycles. The Kier molecular flexibility index (Phi) is 2.86. The molecule has 0 saturated heterocycles. The number of nitrogens with zero attached hydrogens (tertiary/aromatic N) is 1. The van der Waals surface area contributed by atoms with E-state index in [2.05, 4.69) is 18.0 Å². The minimum absolute atomic E-state index is 0.790. The molecule has 0 aliphatic carbocycles. The highest BCUT2D eigenvalue weighted by atomic mass is 14.6. The van der Waals surface area contributed by atoms with Crippen LogP contribution in [0.3, 0.4) is 0 Å². The smallest absolute Gasteiger partial charge is 0.0403 e. The van der Waals surface area contributed by atoms with Gasteiger partial charge in [-0.3, -0.25) is 4.99 Å². The largest absolute Gasteiger partial charge is 0.398 e. The van der Waals surface area contributed by atoms with Gasteiger partial charge in [-0.15, -0.1) is 0 Å². The Hall–Kier alpha value is -1.31. The standard InChI is InChI=1S/C10H14N2/c1-3-8-4-5-10(11)9(6-8)7-12-2/h4-7H,3,11H2,1-2H3. The van der Waals surface area contributed by atoms with Crippen molar-refractivity contribution in [1.82, 2.24) is 0 Å². The van der Waals surface area contributed by atoms with Crippen LogP contribution in [0.2, 0.25) is 0 Å². The van der Waals surface area contributed by atoms with E-state index in [4.69, 9.17) is 5.73 Å². The van der Waals surface area contributed by atoms with Gasteiger partial charge >= 0.3 is 0 Å². The summed E-state index contributed by atoms with van der Waals surface area (Å²) < 4.78 is 0. The molecule has 64 valence electrons. The number of aryl methyl sites for hydroxylation is 1. The summed E-state index contributed by atoms with van der Waals surface area (Å²) in [5.41, 5.74) is 8.83. The highest BCUT2D eigenvalue weighted by Gasteiger charge is 1.96. The number of nitrogen functional groups attached to an aromatic ring is 1. The van der Waals surface area contributed by atoms with Gasteiger partial charge in [0.2, 0.25) is 0 Å². The average molecular weight is 162 g/mol. The maximum atomic E-state index is 5.74. The van der Waals surface area contributed by atoms with Crippen molar-refractivity contribution in [3.8, 4) is 0 Å². The SMILES string of the molecule is CCc1ccc(N)c(C=NC)c1. The van der Waals surface area contributed by atoms with E-state index in [1.54, 1.807) is 13.3 Å². The maximum Gasteiger partial charge on any atom is 0.0403 e. The number of nitrogens with two attached hydrogens (primary N) is 1. The van der Waals surface area contributed by atoms with Gasteiger partial charge in [0.1, 0.15) is 0 Å². The molecule has 0 heterocycles. The molecule has 1 rings (SSSR count). The van der Waals surface area contributed by atoms with Crippen molar-refractivity contribution >= 4 is 11.9 Å². The molecule has 0 atom stereocenters. The molecule has 12 heavy (non-hydrogen) atoms. The van der Waals surface area contributed by atoms with Gasteiger partial charge in [-0.2, -0.15) is 0 Å². The van der Waals surface area contributed by atoms with E-state index in [0.29, 0.717) is 0 Å². The quantitative estimate of drug-likeness (QED) is 0.523. The molecular formula is C10H14N2. The summed E-state index contributed by atoms with van der Waals surface area (Å²) in [6.45, 7) is 2.12. The summed E-state index contributed by atoms with van der Waals surface area (Å²) in [7, 11) is 1.75. The zero-order chi connectivity index (χ0) is 8.97. The third-order valence-electron chi connectivity index (χ3n) is 1.83. The molecule has 0 fully saturated rings. The average Bonchev–Trinajstić information content (AvgIpc) is 2.09. The van der Waals surface area contributed by atoms with Crippen LogP contribution < -0.4 is 5.73 Å². The summed E-state index contributed by atoms with van der Waals surface area (Å²) >= 11 is 0. The van der Waals surface area contributed by atoms with Gasteiger partial charge in [-0.1, -0.05) is 13.0 Å². The first kappa shape index (κ1) is 8.78. The molecule has 0 spiro atoms. The third kappa shape index (κ3) is 1.84. The Morgan fingerprint density at radius 2 is 2.25 bits per heavy atom. The lowest BCUT2D eigenvalue weighted by Crippen LogP contribution is -1.94. The minimum atomic E-state index is 0.790. The lowest BCUT2D eigenvalue weighted by Gasteiger charge is -2.01. The number of rotatable bonds is 2. The van der Waals surface area contributed by atoms with E-state index in [-0.39, 0.29) is 0 Å². The molecule has 1 aromatic rings. The molecule has 0 aliphatic heterocycles. The summed E-state index contributed by atoms with van der Waals surface area (Å²) in [5.74, 6) is 0. The number of hydrogen-bond donors (Lipinski definition) is 1. The van der Waals surface area contributed by atoms with Crippen LogP contribution in [0, 0.1) is 0 Å². The monoisotopic (exact) mass is 162 g/mol. The number of anilines is 1. The second-order valence-electron chi connectivity index (χ2n) is 2.70. The predicted octanol–water partition coefficient (Wildman–Crippen LogP) is 1.88. The van der Waals surface area contributed by atoms with Gasteiger partial charge in [-0.05, 0) is 24.1 Å². The molecule has 0 saturated carbocycles.